The number of carbonyl (C=O) groups excluding carboxylic acids is 2. The van der Waals surface area contributed by atoms with Crippen LogP contribution in [0.4, 0.5) is 5.69 Å². The maximum atomic E-state index is 11.7. The SMILES string of the molecule is CNC(=O)c1ccc(NC(=O)CCCCC(=O)O)c(C)c1. The molecule has 1 aromatic rings. The molecule has 1 rings (SSSR count). The van der Waals surface area contributed by atoms with Gasteiger partial charge in [-0.25, -0.2) is 0 Å². The summed E-state index contributed by atoms with van der Waals surface area (Å²) in [5.74, 6) is -1.18. The number of carbonyl (C=O) groups is 3. The lowest BCUT2D eigenvalue weighted by Crippen LogP contribution is -2.18. The highest BCUT2D eigenvalue weighted by Gasteiger charge is 2.08. The Balaban J connectivity index is 2.53. The fraction of sp³-hybridized carbons (Fsp3) is 0.400. The Morgan fingerprint density at radius 1 is 1.14 bits per heavy atom. The summed E-state index contributed by atoms with van der Waals surface area (Å²) >= 11 is 0. The van der Waals surface area contributed by atoms with Crippen LogP contribution in [0.2, 0.25) is 0 Å². The zero-order valence-corrected chi connectivity index (χ0v) is 12.2. The minimum atomic E-state index is -0.851. The van der Waals surface area contributed by atoms with Crippen molar-refractivity contribution in [3.63, 3.8) is 0 Å². The molecule has 0 spiro atoms. The van der Waals surface area contributed by atoms with Crippen molar-refractivity contribution in [1.29, 1.82) is 0 Å². The van der Waals surface area contributed by atoms with Crippen molar-refractivity contribution >= 4 is 23.5 Å². The van der Waals surface area contributed by atoms with Crippen LogP contribution in [-0.2, 0) is 9.59 Å². The summed E-state index contributed by atoms with van der Waals surface area (Å²) in [6.07, 6.45) is 1.38. The van der Waals surface area contributed by atoms with E-state index in [1.54, 1.807) is 25.2 Å². The lowest BCUT2D eigenvalue weighted by molar-refractivity contribution is -0.137. The third kappa shape index (κ3) is 5.64. The normalized spacial score (nSPS) is 10.0. The molecule has 2 amide bonds. The Morgan fingerprint density at radius 2 is 1.81 bits per heavy atom. The second-order valence-corrected chi connectivity index (χ2v) is 4.76. The molecule has 0 aliphatic heterocycles. The third-order valence-electron chi connectivity index (χ3n) is 3.03. The first kappa shape index (κ1) is 16.7. The predicted molar refractivity (Wildman–Crippen MR) is 79.3 cm³/mol. The number of benzene rings is 1. The summed E-state index contributed by atoms with van der Waals surface area (Å²) in [4.78, 5) is 33.6. The van der Waals surface area contributed by atoms with E-state index in [2.05, 4.69) is 10.6 Å². The van der Waals surface area contributed by atoms with Gasteiger partial charge < -0.3 is 15.7 Å². The van der Waals surface area contributed by atoms with Crippen LogP contribution >= 0.6 is 0 Å². The smallest absolute Gasteiger partial charge is 0.303 e. The van der Waals surface area contributed by atoms with Gasteiger partial charge in [0, 0.05) is 31.1 Å². The topological polar surface area (TPSA) is 95.5 Å². The van der Waals surface area contributed by atoms with Gasteiger partial charge in [0.15, 0.2) is 0 Å². The van der Waals surface area contributed by atoms with Crippen LogP contribution in [0.1, 0.15) is 41.6 Å². The number of aliphatic carboxylic acids is 1. The van der Waals surface area contributed by atoms with Crippen LogP contribution in [-0.4, -0.2) is 29.9 Å². The first-order chi connectivity index (χ1) is 9.93. The van der Waals surface area contributed by atoms with E-state index in [1.165, 1.54) is 0 Å². The molecule has 0 unspecified atom stereocenters. The van der Waals surface area contributed by atoms with Crippen LogP contribution in [0.3, 0.4) is 0 Å². The molecule has 0 heterocycles. The Hall–Kier alpha value is -2.37. The van der Waals surface area contributed by atoms with Gasteiger partial charge >= 0.3 is 5.97 Å². The van der Waals surface area contributed by atoms with Crippen molar-refractivity contribution in [2.75, 3.05) is 12.4 Å². The van der Waals surface area contributed by atoms with Crippen LogP contribution in [0.15, 0.2) is 18.2 Å². The lowest BCUT2D eigenvalue weighted by atomic mass is 10.1. The predicted octanol–water partition coefficient (Wildman–Crippen LogP) is 1.94. The minimum Gasteiger partial charge on any atom is -0.481 e. The van der Waals surface area contributed by atoms with Crippen molar-refractivity contribution in [2.45, 2.75) is 32.6 Å². The van der Waals surface area contributed by atoms with Crippen molar-refractivity contribution in [3.8, 4) is 0 Å². The van der Waals surface area contributed by atoms with E-state index in [-0.39, 0.29) is 24.7 Å². The Kier molecular flexibility index (Phi) is 6.39. The summed E-state index contributed by atoms with van der Waals surface area (Å²) in [6.45, 7) is 1.81. The first-order valence-electron chi connectivity index (χ1n) is 6.78. The van der Waals surface area contributed by atoms with Gasteiger partial charge in [0.1, 0.15) is 0 Å². The average molecular weight is 292 g/mol. The van der Waals surface area contributed by atoms with Crippen LogP contribution in [0, 0.1) is 6.92 Å². The van der Waals surface area contributed by atoms with E-state index < -0.39 is 5.97 Å². The molecule has 6 nitrogen and oxygen atoms in total. The number of carboxylic acids is 1. The lowest BCUT2D eigenvalue weighted by Gasteiger charge is -2.10. The van der Waals surface area contributed by atoms with E-state index in [0.29, 0.717) is 24.1 Å². The number of hydrogen-bond donors (Lipinski definition) is 3. The van der Waals surface area contributed by atoms with Crippen molar-refractivity contribution in [1.82, 2.24) is 5.32 Å². The Morgan fingerprint density at radius 3 is 2.38 bits per heavy atom. The molecule has 0 aliphatic carbocycles. The standard InChI is InChI=1S/C15H20N2O4/c1-10-9-11(15(21)16-2)7-8-12(10)17-13(18)5-3-4-6-14(19)20/h7-9H,3-6H2,1-2H3,(H,16,21)(H,17,18)(H,19,20). The average Bonchev–Trinajstić information content (AvgIpc) is 2.44. The maximum Gasteiger partial charge on any atom is 0.303 e. The molecule has 114 valence electrons. The highest BCUT2D eigenvalue weighted by Crippen LogP contribution is 2.17. The van der Waals surface area contributed by atoms with E-state index >= 15 is 0 Å². The number of hydrogen-bond acceptors (Lipinski definition) is 3. The molecule has 6 heteroatoms. The van der Waals surface area contributed by atoms with Gasteiger partial charge in [0.2, 0.25) is 5.91 Å². The molecular weight excluding hydrogens is 272 g/mol. The van der Waals surface area contributed by atoms with Gasteiger partial charge in [-0.1, -0.05) is 0 Å². The second-order valence-electron chi connectivity index (χ2n) is 4.76. The summed E-state index contributed by atoms with van der Waals surface area (Å²) in [6, 6.07) is 5.04. The number of carboxylic acid groups (broad SMARTS) is 1. The third-order valence-corrected chi connectivity index (χ3v) is 3.03. The van der Waals surface area contributed by atoms with Gasteiger partial charge in [0.25, 0.3) is 5.91 Å². The quantitative estimate of drug-likeness (QED) is 0.669. The van der Waals surface area contributed by atoms with Gasteiger partial charge in [-0.2, -0.15) is 0 Å². The van der Waals surface area contributed by atoms with Gasteiger partial charge in [-0.3, -0.25) is 14.4 Å². The molecule has 21 heavy (non-hydrogen) atoms. The van der Waals surface area contributed by atoms with E-state index in [0.717, 1.165) is 5.56 Å². The van der Waals surface area contributed by atoms with Gasteiger partial charge in [0.05, 0.1) is 0 Å². The van der Waals surface area contributed by atoms with Crippen LogP contribution < -0.4 is 10.6 Å². The molecular formula is C15H20N2O4. The highest BCUT2D eigenvalue weighted by atomic mass is 16.4. The van der Waals surface area contributed by atoms with E-state index in [9.17, 15) is 14.4 Å². The molecule has 0 aliphatic rings. The molecule has 3 N–H and O–H groups in total. The van der Waals surface area contributed by atoms with Crippen LogP contribution in [0.5, 0.6) is 0 Å². The molecule has 0 radical (unpaired) electrons. The first-order valence-corrected chi connectivity index (χ1v) is 6.78. The van der Waals surface area contributed by atoms with Crippen molar-refractivity contribution in [3.05, 3.63) is 29.3 Å². The molecule has 0 atom stereocenters. The number of aryl methyl sites for hydroxylation is 1. The largest absolute Gasteiger partial charge is 0.481 e. The second kappa shape index (κ2) is 8.04. The number of rotatable bonds is 7. The number of anilines is 1. The van der Waals surface area contributed by atoms with Crippen molar-refractivity contribution < 1.29 is 19.5 Å². The minimum absolute atomic E-state index is 0.0765. The van der Waals surface area contributed by atoms with Gasteiger partial charge in [-0.15, -0.1) is 0 Å². The highest BCUT2D eigenvalue weighted by molar-refractivity contribution is 5.96. The van der Waals surface area contributed by atoms with Crippen molar-refractivity contribution in [2.24, 2.45) is 0 Å². The summed E-state index contributed by atoms with van der Waals surface area (Å²) < 4.78 is 0. The summed E-state index contributed by atoms with van der Waals surface area (Å²) in [5.41, 5.74) is 2.00. The van der Waals surface area contributed by atoms with Crippen LogP contribution in [0.25, 0.3) is 0 Å². The molecule has 0 saturated heterocycles. The monoisotopic (exact) mass is 292 g/mol. The Bertz CT molecular complexity index is 540. The zero-order chi connectivity index (χ0) is 15.8. The fourth-order valence-corrected chi connectivity index (χ4v) is 1.86. The molecule has 0 saturated carbocycles. The van der Waals surface area contributed by atoms with E-state index in [4.69, 9.17) is 5.11 Å². The Labute approximate surface area is 123 Å². The zero-order valence-electron chi connectivity index (χ0n) is 12.2. The molecule has 0 aromatic heterocycles. The maximum absolute atomic E-state index is 11.7. The molecule has 1 aromatic carbocycles. The summed E-state index contributed by atoms with van der Waals surface area (Å²) in [7, 11) is 1.56. The molecule has 0 fully saturated rings. The number of amides is 2. The fourth-order valence-electron chi connectivity index (χ4n) is 1.86. The summed E-state index contributed by atoms with van der Waals surface area (Å²) in [5, 5.41) is 13.8. The van der Waals surface area contributed by atoms with Gasteiger partial charge in [-0.05, 0) is 43.5 Å². The molecule has 0 bridgehead atoms. The number of nitrogens with one attached hydrogen (secondary N) is 2. The number of unbranched alkanes of at least 4 members (excludes halogenated alkanes) is 1. The van der Waals surface area contributed by atoms with E-state index in [1.807, 2.05) is 6.92 Å².